The summed E-state index contributed by atoms with van der Waals surface area (Å²) in [7, 11) is 0. The molecule has 0 spiro atoms. The fourth-order valence-electron chi connectivity index (χ4n) is 2.26. The van der Waals surface area contributed by atoms with Crippen LogP contribution in [0.5, 0.6) is 11.5 Å². The summed E-state index contributed by atoms with van der Waals surface area (Å²) in [6.45, 7) is 4.42. The van der Waals surface area contributed by atoms with E-state index in [0.717, 1.165) is 11.1 Å². The van der Waals surface area contributed by atoms with Crippen molar-refractivity contribution >= 4 is 0 Å². The molecular formula is C18H20F3NO2. The summed E-state index contributed by atoms with van der Waals surface area (Å²) in [5.41, 5.74) is 7.88. The summed E-state index contributed by atoms with van der Waals surface area (Å²) in [4.78, 5) is 0. The van der Waals surface area contributed by atoms with Crippen LogP contribution in [0.2, 0.25) is 0 Å². The second kappa shape index (κ2) is 7.57. The predicted octanol–water partition coefficient (Wildman–Crippen LogP) is 4.71. The Bertz CT molecular complexity index is 684. The van der Waals surface area contributed by atoms with Gasteiger partial charge in [0.15, 0.2) is 11.5 Å². The lowest BCUT2D eigenvalue weighted by atomic mass is 9.97. The second-order valence-corrected chi connectivity index (χ2v) is 5.63. The van der Waals surface area contributed by atoms with E-state index in [0.29, 0.717) is 11.5 Å². The van der Waals surface area contributed by atoms with Gasteiger partial charge in [0.25, 0.3) is 0 Å². The number of nitrogens with two attached hydrogens (primary N) is 1. The number of benzene rings is 2. The first-order valence-electron chi connectivity index (χ1n) is 7.63. The SMILES string of the molecule is CC(C)c1cccc(-c2ccc(OCCN)c(OC(F)(F)F)c2)c1. The van der Waals surface area contributed by atoms with Crippen molar-refractivity contribution in [3.05, 3.63) is 48.0 Å². The third kappa shape index (κ3) is 4.89. The zero-order valence-electron chi connectivity index (χ0n) is 13.6. The molecule has 0 heterocycles. The summed E-state index contributed by atoms with van der Waals surface area (Å²) in [6.07, 6.45) is -4.79. The zero-order chi connectivity index (χ0) is 17.7. The Morgan fingerprint density at radius 3 is 2.33 bits per heavy atom. The topological polar surface area (TPSA) is 44.5 Å². The molecule has 0 unspecified atom stereocenters. The minimum absolute atomic E-state index is 0.0153. The van der Waals surface area contributed by atoms with Crippen LogP contribution in [-0.4, -0.2) is 19.5 Å². The summed E-state index contributed by atoms with van der Waals surface area (Å²) in [6, 6.07) is 12.2. The maximum absolute atomic E-state index is 12.6. The molecule has 2 rings (SSSR count). The van der Waals surface area contributed by atoms with Crippen LogP contribution in [0.25, 0.3) is 11.1 Å². The Kier molecular flexibility index (Phi) is 5.72. The molecule has 24 heavy (non-hydrogen) atoms. The highest BCUT2D eigenvalue weighted by atomic mass is 19.4. The second-order valence-electron chi connectivity index (χ2n) is 5.63. The number of ether oxygens (including phenoxy) is 2. The predicted molar refractivity (Wildman–Crippen MR) is 87.2 cm³/mol. The Labute approximate surface area is 139 Å². The van der Waals surface area contributed by atoms with E-state index in [1.165, 1.54) is 12.1 Å². The minimum Gasteiger partial charge on any atom is -0.488 e. The van der Waals surface area contributed by atoms with Gasteiger partial charge in [0, 0.05) is 6.54 Å². The maximum atomic E-state index is 12.6. The van der Waals surface area contributed by atoms with E-state index in [9.17, 15) is 13.2 Å². The number of alkyl halides is 3. The van der Waals surface area contributed by atoms with E-state index in [2.05, 4.69) is 18.6 Å². The number of hydrogen-bond acceptors (Lipinski definition) is 3. The molecule has 2 aromatic rings. The highest BCUT2D eigenvalue weighted by Crippen LogP contribution is 2.36. The van der Waals surface area contributed by atoms with Crippen LogP contribution < -0.4 is 15.2 Å². The van der Waals surface area contributed by atoms with Crippen molar-refractivity contribution < 1.29 is 22.6 Å². The molecule has 3 nitrogen and oxygen atoms in total. The average Bonchev–Trinajstić information content (AvgIpc) is 2.52. The fraction of sp³-hybridized carbons (Fsp3) is 0.333. The van der Waals surface area contributed by atoms with Crippen molar-refractivity contribution in [1.29, 1.82) is 0 Å². The Hall–Kier alpha value is -2.21. The zero-order valence-corrected chi connectivity index (χ0v) is 13.6. The lowest BCUT2D eigenvalue weighted by Gasteiger charge is -2.16. The first-order chi connectivity index (χ1) is 11.3. The van der Waals surface area contributed by atoms with Gasteiger partial charge < -0.3 is 15.2 Å². The van der Waals surface area contributed by atoms with Gasteiger partial charge in [-0.15, -0.1) is 13.2 Å². The molecule has 0 aliphatic heterocycles. The van der Waals surface area contributed by atoms with Gasteiger partial charge >= 0.3 is 6.36 Å². The third-order valence-corrected chi connectivity index (χ3v) is 3.43. The molecule has 0 radical (unpaired) electrons. The van der Waals surface area contributed by atoms with Gasteiger partial charge in [-0.3, -0.25) is 0 Å². The van der Waals surface area contributed by atoms with Crippen molar-refractivity contribution in [2.75, 3.05) is 13.2 Å². The van der Waals surface area contributed by atoms with Gasteiger partial charge in [-0.05, 0) is 34.7 Å². The molecule has 0 aliphatic carbocycles. The average molecular weight is 339 g/mol. The lowest BCUT2D eigenvalue weighted by molar-refractivity contribution is -0.275. The summed E-state index contributed by atoms with van der Waals surface area (Å²) in [5, 5.41) is 0. The van der Waals surface area contributed by atoms with E-state index in [4.69, 9.17) is 10.5 Å². The van der Waals surface area contributed by atoms with Crippen LogP contribution in [-0.2, 0) is 0 Å². The monoisotopic (exact) mass is 339 g/mol. The van der Waals surface area contributed by atoms with Gasteiger partial charge in [-0.1, -0.05) is 44.2 Å². The molecule has 0 fully saturated rings. The first-order valence-corrected chi connectivity index (χ1v) is 7.63. The number of rotatable bonds is 6. The van der Waals surface area contributed by atoms with Crippen LogP contribution >= 0.6 is 0 Å². The van der Waals surface area contributed by atoms with Crippen LogP contribution in [0.15, 0.2) is 42.5 Å². The molecule has 0 aromatic heterocycles. The molecular weight excluding hydrogens is 319 g/mol. The summed E-state index contributed by atoms with van der Waals surface area (Å²) < 4.78 is 47.3. The van der Waals surface area contributed by atoms with Crippen LogP contribution in [0.1, 0.15) is 25.3 Å². The van der Waals surface area contributed by atoms with Crippen molar-refractivity contribution in [3.63, 3.8) is 0 Å². The molecule has 0 amide bonds. The fourth-order valence-corrected chi connectivity index (χ4v) is 2.26. The number of hydrogen-bond donors (Lipinski definition) is 1. The van der Waals surface area contributed by atoms with Crippen LogP contribution in [0.4, 0.5) is 13.2 Å². The lowest BCUT2D eigenvalue weighted by Crippen LogP contribution is -2.18. The van der Waals surface area contributed by atoms with Crippen molar-refractivity contribution in [2.45, 2.75) is 26.1 Å². The Morgan fingerprint density at radius 2 is 1.71 bits per heavy atom. The van der Waals surface area contributed by atoms with Crippen LogP contribution in [0, 0.1) is 0 Å². The van der Waals surface area contributed by atoms with Gasteiger partial charge in [0.2, 0.25) is 0 Å². The maximum Gasteiger partial charge on any atom is 0.573 e. The molecule has 2 aromatic carbocycles. The van der Waals surface area contributed by atoms with Crippen molar-refractivity contribution in [3.8, 4) is 22.6 Å². The first kappa shape index (κ1) is 18.1. The van der Waals surface area contributed by atoms with Crippen molar-refractivity contribution in [1.82, 2.24) is 0 Å². The smallest absolute Gasteiger partial charge is 0.488 e. The Morgan fingerprint density at radius 1 is 1.00 bits per heavy atom. The van der Waals surface area contributed by atoms with E-state index in [-0.39, 0.29) is 24.7 Å². The number of halogens is 3. The van der Waals surface area contributed by atoms with E-state index < -0.39 is 6.36 Å². The standard InChI is InChI=1S/C18H20F3NO2/c1-12(2)13-4-3-5-14(10-13)15-6-7-16(23-9-8-22)17(11-15)24-18(19,20)21/h3-7,10-12H,8-9,22H2,1-2H3. The third-order valence-electron chi connectivity index (χ3n) is 3.43. The van der Waals surface area contributed by atoms with Gasteiger partial charge in [0.05, 0.1) is 0 Å². The summed E-state index contributed by atoms with van der Waals surface area (Å²) >= 11 is 0. The van der Waals surface area contributed by atoms with Gasteiger partial charge in [0.1, 0.15) is 6.61 Å². The highest BCUT2D eigenvalue weighted by molar-refractivity contribution is 5.68. The van der Waals surface area contributed by atoms with Crippen molar-refractivity contribution in [2.24, 2.45) is 5.73 Å². The molecule has 0 aliphatic rings. The highest BCUT2D eigenvalue weighted by Gasteiger charge is 2.32. The van der Waals surface area contributed by atoms with E-state index in [1.807, 2.05) is 24.3 Å². The van der Waals surface area contributed by atoms with Gasteiger partial charge in [-0.25, -0.2) is 0 Å². The molecule has 0 saturated heterocycles. The molecule has 0 bridgehead atoms. The molecule has 0 saturated carbocycles. The largest absolute Gasteiger partial charge is 0.573 e. The molecule has 0 atom stereocenters. The molecule has 2 N–H and O–H groups in total. The minimum atomic E-state index is -4.79. The van der Waals surface area contributed by atoms with Gasteiger partial charge in [-0.2, -0.15) is 0 Å². The Balaban J connectivity index is 2.41. The summed E-state index contributed by atoms with van der Waals surface area (Å²) in [5.74, 6) is -0.0343. The molecule has 130 valence electrons. The molecule has 6 heteroatoms. The quantitative estimate of drug-likeness (QED) is 0.829. The van der Waals surface area contributed by atoms with Crippen LogP contribution in [0.3, 0.4) is 0 Å². The normalized spacial score (nSPS) is 11.6. The van der Waals surface area contributed by atoms with E-state index in [1.54, 1.807) is 6.07 Å². The van der Waals surface area contributed by atoms with E-state index >= 15 is 0 Å².